The Bertz CT molecular complexity index is 501. The number of rotatable bonds is 5. The molecule has 7 heteroatoms. The molecule has 0 bridgehead atoms. The van der Waals surface area contributed by atoms with Crippen LogP contribution >= 0.6 is 0 Å². The maximum atomic E-state index is 12.0. The highest BCUT2D eigenvalue weighted by Gasteiger charge is 2.14. The fraction of sp³-hybridized carbons (Fsp3) is 0.429. The number of hydrogen-bond donors (Lipinski definition) is 3. The minimum Gasteiger partial charge on any atom is -0.481 e. The van der Waals surface area contributed by atoms with Crippen LogP contribution in [-0.2, 0) is 16.0 Å². The topological polar surface area (TPSA) is 90.9 Å². The number of carbonyl (C=O) groups excluding carboxylic acids is 1. The van der Waals surface area contributed by atoms with Crippen molar-refractivity contribution in [3.8, 4) is 0 Å². The molecule has 21 heavy (non-hydrogen) atoms. The molecule has 0 radical (unpaired) electrons. The molecule has 0 saturated carbocycles. The van der Waals surface area contributed by atoms with Crippen molar-refractivity contribution in [3.63, 3.8) is 0 Å². The number of benzene rings is 1. The molecule has 0 aromatic heterocycles. The average Bonchev–Trinajstić information content (AvgIpc) is 2.47. The number of carboxylic acids is 1. The molecule has 0 atom stereocenters. The Morgan fingerprint density at radius 3 is 2.67 bits per heavy atom. The van der Waals surface area contributed by atoms with Gasteiger partial charge >= 0.3 is 12.0 Å². The summed E-state index contributed by atoms with van der Waals surface area (Å²) < 4.78 is 5.20. The van der Waals surface area contributed by atoms with Crippen LogP contribution in [-0.4, -0.2) is 48.4 Å². The van der Waals surface area contributed by atoms with E-state index < -0.39 is 5.97 Å². The maximum Gasteiger partial charge on any atom is 0.333 e. The van der Waals surface area contributed by atoms with Crippen LogP contribution in [0.2, 0.25) is 0 Å². The van der Waals surface area contributed by atoms with Gasteiger partial charge in [-0.15, -0.1) is 0 Å². The molecular weight excluding hydrogens is 274 g/mol. The fourth-order valence-electron chi connectivity index (χ4n) is 2.07. The smallest absolute Gasteiger partial charge is 0.333 e. The molecule has 3 N–H and O–H groups in total. The summed E-state index contributed by atoms with van der Waals surface area (Å²) in [4.78, 5) is 22.6. The van der Waals surface area contributed by atoms with Crippen LogP contribution in [0.5, 0.6) is 0 Å². The summed E-state index contributed by atoms with van der Waals surface area (Å²) in [6.45, 7) is 2.48. The Kier molecular flexibility index (Phi) is 5.53. The van der Waals surface area contributed by atoms with Crippen molar-refractivity contribution in [2.45, 2.75) is 12.8 Å². The summed E-state index contributed by atoms with van der Waals surface area (Å²) >= 11 is 0. The Morgan fingerprint density at radius 2 is 1.95 bits per heavy atom. The summed E-state index contributed by atoms with van der Waals surface area (Å²) in [5.74, 6) is -0.859. The highest BCUT2D eigenvalue weighted by molar-refractivity contribution is 5.89. The van der Waals surface area contributed by atoms with Crippen LogP contribution in [0.4, 0.5) is 10.5 Å². The monoisotopic (exact) mass is 293 g/mol. The summed E-state index contributed by atoms with van der Waals surface area (Å²) in [7, 11) is 0. The summed E-state index contributed by atoms with van der Waals surface area (Å²) in [6.07, 6.45) is 0.410. The molecule has 1 saturated heterocycles. The van der Waals surface area contributed by atoms with Gasteiger partial charge in [0.1, 0.15) is 0 Å². The largest absolute Gasteiger partial charge is 0.481 e. The van der Waals surface area contributed by atoms with Gasteiger partial charge in [0.25, 0.3) is 0 Å². The van der Waals surface area contributed by atoms with E-state index in [0.717, 1.165) is 5.56 Å². The highest BCUT2D eigenvalue weighted by Crippen LogP contribution is 2.16. The number of aliphatic carboxylic acids is 1. The highest BCUT2D eigenvalue weighted by atomic mass is 16.5. The van der Waals surface area contributed by atoms with Crippen LogP contribution < -0.4 is 10.7 Å². The van der Waals surface area contributed by atoms with Crippen molar-refractivity contribution >= 4 is 17.7 Å². The molecule has 1 fully saturated rings. The zero-order valence-corrected chi connectivity index (χ0v) is 11.7. The number of para-hydroxylation sites is 1. The summed E-state index contributed by atoms with van der Waals surface area (Å²) in [5.41, 5.74) is 4.18. The molecule has 1 aliphatic heterocycles. The Labute approximate surface area is 122 Å². The molecule has 1 aromatic carbocycles. The van der Waals surface area contributed by atoms with Gasteiger partial charge in [0.2, 0.25) is 0 Å². The lowest BCUT2D eigenvalue weighted by molar-refractivity contribution is -0.136. The van der Waals surface area contributed by atoms with Crippen molar-refractivity contribution in [1.82, 2.24) is 10.4 Å². The standard InChI is InChI=1S/C14H19N3O4/c18-13(19)6-5-11-3-1-2-4-12(11)15-14(20)16-17-7-9-21-10-8-17/h1-4H,5-10H2,(H,18,19)(H2,15,16,20). The van der Waals surface area contributed by atoms with E-state index in [2.05, 4.69) is 10.7 Å². The molecule has 0 aliphatic carbocycles. The van der Waals surface area contributed by atoms with Crippen molar-refractivity contribution in [3.05, 3.63) is 29.8 Å². The van der Waals surface area contributed by atoms with Gasteiger partial charge in [-0.05, 0) is 18.1 Å². The van der Waals surface area contributed by atoms with Crippen LogP contribution in [0.1, 0.15) is 12.0 Å². The SMILES string of the molecule is O=C(O)CCc1ccccc1NC(=O)NN1CCOCC1. The third-order valence-electron chi connectivity index (χ3n) is 3.14. The number of ether oxygens (including phenoxy) is 1. The molecule has 114 valence electrons. The van der Waals surface area contributed by atoms with Crippen LogP contribution in [0.25, 0.3) is 0 Å². The van der Waals surface area contributed by atoms with E-state index in [4.69, 9.17) is 9.84 Å². The van der Waals surface area contributed by atoms with Gasteiger partial charge in [-0.1, -0.05) is 18.2 Å². The Morgan fingerprint density at radius 1 is 1.24 bits per heavy atom. The van der Waals surface area contributed by atoms with E-state index in [9.17, 15) is 9.59 Å². The van der Waals surface area contributed by atoms with Crippen LogP contribution in [0.15, 0.2) is 24.3 Å². The van der Waals surface area contributed by atoms with E-state index in [-0.39, 0.29) is 12.5 Å². The molecule has 1 aromatic rings. The first-order chi connectivity index (χ1) is 10.1. The normalized spacial score (nSPS) is 15.4. The van der Waals surface area contributed by atoms with Gasteiger partial charge in [0.15, 0.2) is 0 Å². The predicted octanol–water partition coefficient (Wildman–Crippen LogP) is 1.07. The molecule has 2 rings (SSSR count). The van der Waals surface area contributed by atoms with Crippen molar-refractivity contribution in [1.29, 1.82) is 0 Å². The van der Waals surface area contributed by atoms with Crippen LogP contribution in [0, 0.1) is 0 Å². The van der Waals surface area contributed by atoms with E-state index in [1.807, 2.05) is 12.1 Å². The Balaban J connectivity index is 1.91. The minimum absolute atomic E-state index is 0.0315. The van der Waals surface area contributed by atoms with Crippen LogP contribution in [0.3, 0.4) is 0 Å². The van der Waals surface area contributed by atoms with Gasteiger partial charge in [-0.3, -0.25) is 10.2 Å². The first kappa shape index (κ1) is 15.3. The number of aryl methyl sites for hydroxylation is 1. The van der Waals surface area contributed by atoms with E-state index >= 15 is 0 Å². The zero-order chi connectivity index (χ0) is 15.1. The number of amides is 2. The van der Waals surface area contributed by atoms with E-state index in [1.54, 1.807) is 17.1 Å². The number of morpholine rings is 1. The number of hydrogen-bond acceptors (Lipinski definition) is 4. The quantitative estimate of drug-likeness (QED) is 0.755. The second-order valence-electron chi connectivity index (χ2n) is 4.72. The third kappa shape index (κ3) is 5.05. The maximum absolute atomic E-state index is 12.0. The van der Waals surface area contributed by atoms with Crippen molar-refractivity contribution < 1.29 is 19.4 Å². The molecular formula is C14H19N3O4. The first-order valence-corrected chi connectivity index (χ1v) is 6.85. The second kappa shape index (κ2) is 7.61. The van der Waals surface area contributed by atoms with Gasteiger partial charge < -0.3 is 15.2 Å². The van der Waals surface area contributed by atoms with Gasteiger partial charge in [0.05, 0.1) is 13.2 Å². The minimum atomic E-state index is -0.859. The number of urea groups is 1. The van der Waals surface area contributed by atoms with Crippen molar-refractivity contribution in [2.24, 2.45) is 0 Å². The molecule has 7 nitrogen and oxygen atoms in total. The molecule has 0 spiro atoms. The zero-order valence-electron chi connectivity index (χ0n) is 11.7. The molecule has 2 amide bonds. The van der Waals surface area contributed by atoms with Gasteiger partial charge in [-0.25, -0.2) is 9.80 Å². The molecule has 0 unspecified atom stereocenters. The third-order valence-corrected chi connectivity index (χ3v) is 3.14. The predicted molar refractivity (Wildman–Crippen MR) is 76.9 cm³/mol. The van der Waals surface area contributed by atoms with Gasteiger partial charge in [-0.2, -0.15) is 0 Å². The molecule has 1 aliphatic rings. The first-order valence-electron chi connectivity index (χ1n) is 6.85. The number of carbonyl (C=O) groups is 2. The number of carboxylic acid groups (broad SMARTS) is 1. The lowest BCUT2D eigenvalue weighted by Crippen LogP contribution is -2.49. The van der Waals surface area contributed by atoms with Gasteiger partial charge in [0, 0.05) is 25.2 Å². The van der Waals surface area contributed by atoms with E-state index in [0.29, 0.717) is 38.4 Å². The lowest BCUT2D eigenvalue weighted by atomic mass is 10.1. The average molecular weight is 293 g/mol. The van der Waals surface area contributed by atoms with E-state index in [1.165, 1.54) is 0 Å². The number of nitrogens with one attached hydrogen (secondary N) is 2. The number of anilines is 1. The molecule has 1 heterocycles. The van der Waals surface area contributed by atoms with Crippen molar-refractivity contribution in [2.75, 3.05) is 31.6 Å². The Hall–Kier alpha value is -2.12. The fourth-order valence-corrected chi connectivity index (χ4v) is 2.07. The number of nitrogens with zero attached hydrogens (tertiary/aromatic N) is 1. The lowest BCUT2D eigenvalue weighted by Gasteiger charge is -2.27. The summed E-state index contributed by atoms with van der Waals surface area (Å²) in [5, 5.41) is 13.3. The second-order valence-corrected chi connectivity index (χ2v) is 4.72. The number of hydrazine groups is 1. The summed E-state index contributed by atoms with van der Waals surface area (Å²) in [6, 6.07) is 6.86.